The van der Waals surface area contributed by atoms with Gasteiger partial charge in [-0.3, -0.25) is 4.90 Å². The molecule has 0 heterocycles. The van der Waals surface area contributed by atoms with E-state index in [1.54, 1.807) is 0 Å². The fourth-order valence-corrected chi connectivity index (χ4v) is 1.55. The summed E-state index contributed by atoms with van der Waals surface area (Å²) in [6, 6.07) is 10.5. The normalized spacial score (nSPS) is 13.6. The van der Waals surface area contributed by atoms with E-state index in [-0.39, 0.29) is 6.04 Å². The predicted octanol–water partition coefficient (Wildman–Crippen LogP) is 0.370. The molecule has 0 spiro atoms. The van der Waals surface area contributed by atoms with E-state index in [9.17, 15) is 0 Å². The van der Waals surface area contributed by atoms with Crippen LogP contribution in [0.1, 0.15) is 12.5 Å². The minimum absolute atomic E-state index is 0.0737. The van der Waals surface area contributed by atoms with Crippen LogP contribution >= 0.6 is 0 Å². The summed E-state index contributed by atoms with van der Waals surface area (Å²) in [7, 11) is 2.03. The molecule has 0 saturated carbocycles. The van der Waals surface area contributed by atoms with E-state index in [4.69, 9.17) is 11.5 Å². The van der Waals surface area contributed by atoms with Crippen molar-refractivity contribution in [1.29, 1.82) is 0 Å². The van der Waals surface area contributed by atoms with Gasteiger partial charge in [0.25, 0.3) is 0 Å². The number of benzene rings is 1. The Morgan fingerprint density at radius 2 is 2.05 bits per heavy atom. The molecule has 1 aromatic carbocycles. The lowest BCUT2D eigenvalue weighted by molar-refractivity contribution is 0.350. The van der Waals surface area contributed by atoms with Gasteiger partial charge in [0.1, 0.15) is 0 Å². The molecular weight excluding hydrogens is 238 g/mol. The first-order valence-electron chi connectivity index (χ1n) is 6.59. The zero-order valence-electron chi connectivity index (χ0n) is 11.8. The average molecular weight is 263 g/mol. The van der Waals surface area contributed by atoms with Crippen molar-refractivity contribution in [2.75, 3.05) is 26.8 Å². The molecule has 5 N–H and O–H groups in total. The van der Waals surface area contributed by atoms with Crippen molar-refractivity contribution < 1.29 is 0 Å². The Balaban J connectivity index is 2.23. The first-order chi connectivity index (χ1) is 9.08. The van der Waals surface area contributed by atoms with Gasteiger partial charge < -0.3 is 16.8 Å². The number of hydrogen-bond donors (Lipinski definition) is 3. The smallest absolute Gasteiger partial charge is 0.189 e. The highest BCUT2D eigenvalue weighted by Crippen LogP contribution is 2.00. The van der Waals surface area contributed by atoms with Crippen LogP contribution in [0.2, 0.25) is 0 Å². The summed E-state index contributed by atoms with van der Waals surface area (Å²) < 4.78 is 0. The van der Waals surface area contributed by atoms with Gasteiger partial charge in [0.05, 0.1) is 6.67 Å². The van der Waals surface area contributed by atoms with Crippen LogP contribution in [0, 0.1) is 0 Å². The maximum atomic E-state index is 5.73. The number of hydrogen-bond acceptors (Lipinski definition) is 3. The van der Waals surface area contributed by atoms with E-state index in [1.807, 2.05) is 20.0 Å². The second-order valence-corrected chi connectivity index (χ2v) is 4.86. The van der Waals surface area contributed by atoms with Gasteiger partial charge in [-0.05, 0) is 26.0 Å². The highest BCUT2D eigenvalue weighted by Gasteiger charge is 1.99. The van der Waals surface area contributed by atoms with Gasteiger partial charge in [0.15, 0.2) is 5.96 Å². The maximum absolute atomic E-state index is 5.73. The molecule has 0 radical (unpaired) electrons. The Labute approximate surface area is 115 Å². The third-order valence-electron chi connectivity index (χ3n) is 2.71. The number of guanidine groups is 1. The lowest BCUT2D eigenvalue weighted by atomic mass is 10.1. The molecule has 0 aliphatic rings. The second kappa shape index (κ2) is 8.50. The first-order valence-corrected chi connectivity index (χ1v) is 6.59. The van der Waals surface area contributed by atoms with Gasteiger partial charge in [0, 0.05) is 19.1 Å². The lowest BCUT2D eigenvalue weighted by Crippen LogP contribution is -2.40. The van der Waals surface area contributed by atoms with Gasteiger partial charge in [-0.15, -0.1) is 0 Å². The van der Waals surface area contributed by atoms with Crippen LogP contribution in [0.5, 0.6) is 0 Å². The Bertz CT molecular complexity index is 375. The second-order valence-electron chi connectivity index (χ2n) is 4.86. The van der Waals surface area contributed by atoms with Crippen molar-refractivity contribution in [3.8, 4) is 0 Å². The number of aliphatic imine (C=N–C) groups is 1. The fraction of sp³-hybridized carbons (Fsp3) is 0.500. The lowest BCUT2D eigenvalue weighted by Gasteiger charge is -2.15. The van der Waals surface area contributed by atoms with E-state index < -0.39 is 0 Å². The summed E-state index contributed by atoms with van der Waals surface area (Å²) in [4.78, 5) is 6.39. The van der Waals surface area contributed by atoms with Crippen LogP contribution in [0.4, 0.5) is 0 Å². The molecule has 0 saturated heterocycles. The minimum atomic E-state index is 0.0737. The van der Waals surface area contributed by atoms with Gasteiger partial charge in [0.2, 0.25) is 0 Å². The molecule has 0 aliphatic heterocycles. The summed E-state index contributed by atoms with van der Waals surface area (Å²) in [6.45, 7) is 4.11. The number of nitrogens with two attached hydrogens (primary N) is 2. The summed E-state index contributed by atoms with van der Waals surface area (Å²) >= 11 is 0. The van der Waals surface area contributed by atoms with Gasteiger partial charge in [-0.2, -0.15) is 0 Å². The highest BCUT2D eigenvalue weighted by atomic mass is 15.2. The zero-order valence-corrected chi connectivity index (χ0v) is 11.8. The number of rotatable bonds is 7. The standard InChI is InChI=1S/C14H25N5/c1-12(15)10-17-14(16)18-11-19(2)9-8-13-6-4-3-5-7-13/h3-7,12H,8-11,15H2,1-2H3,(H3,16,17,18). The molecule has 106 valence electrons. The van der Waals surface area contributed by atoms with Crippen LogP contribution in [0.25, 0.3) is 0 Å². The molecule has 5 nitrogen and oxygen atoms in total. The molecule has 5 heteroatoms. The van der Waals surface area contributed by atoms with E-state index in [0.29, 0.717) is 19.2 Å². The number of likely N-dealkylation sites (N-methyl/N-ethyl adjacent to an activating group) is 1. The molecule has 19 heavy (non-hydrogen) atoms. The van der Waals surface area contributed by atoms with Gasteiger partial charge >= 0.3 is 0 Å². The SMILES string of the molecule is CC(N)CNC(N)=NCN(C)CCc1ccccc1. The molecule has 0 amide bonds. The van der Waals surface area contributed by atoms with E-state index in [1.165, 1.54) is 5.56 Å². The van der Waals surface area contributed by atoms with Crippen molar-refractivity contribution in [3.05, 3.63) is 35.9 Å². The molecule has 1 unspecified atom stereocenters. The van der Waals surface area contributed by atoms with Crippen molar-refractivity contribution >= 4 is 5.96 Å². The largest absolute Gasteiger partial charge is 0.370 e. The first kappa shape index (κ1) is 15.5. The van der Waals surface area contributed by atoms with E-state index in [2.05, 4.69) is 39.5 Å². The summed E-state index contributed by atoms with van der Waals surface area (Å²) in [5, 5.41) is 2.99. The maximum Gasteiger partial charge on any atom is 0.189 e. The Hall–Kier alpha value is -1.59. The van der Waals surface area contributed by atoms with E-state index >= 15 is 0 Å². The number of nitrogens with one attached hydrogen (secondary N) is 1. The zero-order chi connectivity index (χ0) is 14.1. The molecule has 1 aromatic rings. The highest BCUT2D eigenvalue weighted by molar-refractivity contribution is 5.77. The average Bonchev–Trinajstić information content (AvgIpc) is 2.41. The molecule has 1 rings (SSSR count). The van der Waals surface area contributed by atoms with Crippen molar-refractivity contribution in [3.63, 3.8) is 0 Å². The molecule has 0 bridgehead atoms. The van der Waals surface area contributed by atoms with E-state index in [0.717, 1.165) is 13.0 Å². The van der Waals surface area contributed by atoms with Crippen LogP contribution in [-0.2, 0) is 6.42 Å². The Morgan fingerprint density at radius 3 is 2.68 bits per heavy atom. The summed E-state index contributed by atoms with van der Waals surface area (Å²) in [5.41, 5.74) is 12.7. The quantitative estimate of drug-likeness (QED) is 0.490. The van der Waals surface area contributed by atoms with Crippen molar-refractivity contribution in [2.24, 2.45) is 16.5 Å². The summed E-state index contributed by atoms with van der Waals surface area (Å²) in [6.07, 6.45) is 1.01. The van der Waals surface area contributed by atoms with Gasteiger partial charge in [-0.25, -0.2) is 4.99 Å². The number of nitrogens with zero attached hydrogens (tertiary/aromatic N) is 2. The third kappa shape index (κ3) is 7.43. The van der Waals surface area contributed by atoms with Crippen LogP contribution in [0.15, 0.2) is 35.3 Å². The van der Waals surface area contributed by atoms with Crippen LogP contribution in [0.3, 0.4) is 0 Å². The molecule has 0 aromatic heterocycles. The van der Waals surface area contributed by atoms with Crippen LogP contribution < -0.4 is 16.8 Å². The van der Waals surface area contributed by atoms with Gasteiger partial charge in [-0.1, -0.05) is 30.3 Å². The molecule has 1 atom stereocenters. The van der Waals surface area contributed by atoms with Crippen LogP contribution in [-0.4, -0.2) is 43.7 Å². The van der Waals surface area contributed by atoms with Crippen molar-refractivity contribution in [2.45, 2.75) is 19.4 Å². The monoisotopic (exact) mass is 263 g/mol. The molecule has 0 fully saturated rings. The molecular formula is C14H25N5. The third-order valence-corrected chi connectivity index (χ3v) is 2.71. The Morgan fingerprint density at radius 1 is 1.37 bits per heavy atom. The fourth-order valence-electron chi connectivity index (χ4n) is 1.55. The van der Waals surface area contributed by atoms with Crippen molar-refractivity contribution in [1.82, 2.24) is 10.2 Å². The topological polar surface area (TPSA) is 79.7 Å². The molecule has 0 aliphatic carbocycles. The Kier molecular flexibility index (Phi) is 6.92. The minimum Gasteiger partial charge on any atom is -0.370 e. The summed E-state index contributed by atoms with van der Waals surface area (Å²) in [5.74, 6) is 0.448. The predicted molar refractivity (Wildman–Crippen MR) is 80.9 cm³/mol.